The normalized spacial score (nSPS) is 15.6. The number of benzene rings is 1. The van der Waals surface area contributed by atoms with Gasteiger partial charge in [0.25, 0.3) is 5.91 Å². The molecule has 1 fully saturated rings. The molecule has 31 heavy (non-hydrogen) atoms. The summed E-state index contributed by atoms with van der Waals surface area (Å²) in [5, 5.41) is 4.05. The molecule has 7 nitrogen and oxygen atoms in total. The number of halogens is 1. The van der Waals surface area contributed by atoms with E-state index in [1.54, 1.807) is 36.1 Å². The largest absolute Gasteiger partial charge is 0.473 e. The van der Waals surface area contributed by atoms with Crippen LogP contribution in [0.3, 0.4) is 0 Å². The van der Waals surface area contributed by atoms with Crippen molar-refractivity contribution in [1.29, 1.82) is 0 Å². The van der Waals surface area contributed by atoms with Crippen LogP contribution in [0.1, 0.15) is 21.7 Å². The number of aromatic nitrogens is 2. The first kappa shape index (κ1) is 21.0. The Morgan fingerprint density at radius 1 is 1.23 bits per heavy atom. The van der Waals surface area contributed by atoms with E-state index in [1.165, 1.54) is 18.3 Å². The highest BCUT2D eigenvalue weighted by Crippen LogP contribution is 2.26. The Kier molecular flexibility index (Phi) is 5.77. The van der Waals surface area contributed by atoms with E-state index >= 15 is 0 Å². The standard InChI is InChI=1S/C22H22FN3O4S/c1-15-19(21(25-30-15)16-3-6-18(23)7-4-16)14-29-20-8-5-17(13-24-20)22(27)26-9-11-31(2,28)12-10-26/h3-8,13H,2,9-12,14H2,1H3. The second-order valence-corrected chi connectivity index (χ2v) is 10.2. The minimum atomic E-state index is -2.06. The van der Waals surface area contributed by atoms with E-state index in [4.69, 9.17) is 9.26 Å². The average molecular weight is 444 g/mol. The molecule has 3 heterocycles. The van der Waals surface area contributed by atoms with E-state index in [2.05, 4.69) is 16.0 Å². The van der Waals surface area contributed by atoms with E-state index in [0.29, 0.717) is 47.5 Å². The van der Waals surface area contributed by atoms with Crippen LogP contribution in [0.4, 0.5) is 4.39 Å². The molecule has 1 amide bonds. The minimum absolute atomic E-state index is 0.151. The van der Waals surface area contributed by atoms with Crippen molar-refractivity contribution in [3.05, 3.63) is 65.3 Å². The van der Waals surface area contributed by atoms with Crippen LogP contribution >= 0.6 is 0 Å². The quantitative estimate of drug-likeness (QED) is 0.564. The first-order valence-electron chi connectivity index (χ1n) is 9.74. The van der Waals surface area contributed by atoms with Crippen molar-refractivity contribution in [2.24, 2.45) is 0 Å². The van der Waals surface area contributed by atoms with Gasteiger partial charge >= 0.3 is 0 Å². The van der Waals surface area contributed by atoms with Crippen LogP contribution < -0.4 is 4.74 Å². The average Bonchev–Trinajstić information content (AvgIpc) is 3.13. The minimum Gasteiger partial charge on any atom is -0.473 e. The molecule has 1 aromatic carbocycles. The summed E-state index contributed by atoms with van der Waals surface area (Å²) in [4.78, 5) is 18.5. The molecule has 1 aliphatic rings. The van der Waals surface area contributed by atoms with E-state index in [-0.39, 0.29) is 18.3 Å². The van der Waals surface area contributed by atoms with Crippen LogP contribution in [0, 0.1) is 12.7 Å². The predicted molar refractivity (Wildman–Crippen MR) is 116 cm³/mol. The SMILES string of the molecule is C=S1(=O)CCN(C(=O)c2ccc(OCc3c(-c4ccc(F)cc4)noc3C)nc2)CC1. The van der Waals surface area contributed by atoms with Crippen LogP contribution in [0.2, 0.25) is 0 Å². The molecule has 0 bridgehead atoms. The Bertz CT molecular complexity index is 1170. The summed E-state index contributed by atoms with van der Waals surface area (Å²) >= 11 is 0. The maximum atomic E-state index is 13.2. The van der Waals surface area contributed by atoms with Gasteiger partial charge in [-0.1, -0.05) is 5.16 Å². The third kappa shape index (κ3) is 4.77. The molecule has 0 N–H and O–H groups in total. The molecular formula is C22H22FN3O4S. The van der Waals surface area contributed by atoms with Crippen LogP contribution in [-0.4, -0.2) is 55.6 Å². The second-order valence-electron chi connectivity index (χ2n) is 7.41. The molecule has 3 aromatic rings. The van der Waals surface area contributed by atoms with E-state index in [9.17, 15) is 13.4 Å². The molecule has 1 aliphatic heterocycles. The number of amides is 1. The lowest BCUT2D eigenvalue weighted by atomic mass is 10.1. The number of pyridine rings is 1. The van der Waals surface area contributed by atoms with Crippen LogP contribution in [-0.2, 0) is 16.1 Å². The first-order chi connectivity index (χ1) is 14.8. The highest BCUT2D eigenvalue weighted by molar-refractivity contribution is 8.00. The van der Waals surface area contributed by atoms with Gasteiger partial charge in [0.2, 0.25) is 5.88 Å². The zero-order valence-electron chi connectivity index (χ0n) is 17.0. The third-order valence-corrected chi connectivity index (χ3v) is 7.06. The van der Waals surface area contributed by atoms with Gasteiger partial charge in [0.05, 0.1) is 11.1 Å². The zero-order chi connectivity index (χ0) is 22.0. The number of aryl methyl sites for hydroxylation is 1. The highest BCUT2D eigenvalue weighted by atomic mass is 32.2. The fourth-order valence-electron chi connectivity index (χ4n) is 3.29. The van der Waals surface area contributed by atoms with Crippen molar-refractivity contribution in [2.45, 2.75) is 13.5 Å². The smallest absolute Gasteiger partial charge is 0.255 e. The summed E-state index contributed by atoms with van der Waals surface area (Å²) in [6, 6.07) is 9.26. The monoisotopic (exact) mass is 443 g/mol. The maximum Gasteiger partial charge on any atom is 0.255 e. The van der Waals surface area contributed by atoms with Crippen molar-refractivity contribution in [3.63, 3.8) is 0 Å². The molecular weight excluding hydrogens is 421 g/mol. The number of carbonyl (C=O) groups is 1. The van der Waals surface area contributed by atoms with Crippen molar-refractivity contribution in [3.8, 4) is 17.1 Å². The Labute approximate surface area is 179 Å². The van der Waals surface area contributed by atoms with Crippen molar-refractivity contribution in [1.82, 2.24) is 15.0 Å². The molecule has 162 valence electrons. The lowest BCUT2D eigenvalue weighted by Crippen LogP contribution is -2.43. The molecule has 0 spiro atoms. The summed E-state index contributed by atoms with van der Waals surface area (Å²) in [7, 11) is -2.06. The van der Waals surface area contributed by atoms with Crippen LogP contribution in [0.5, 0.6) is 5.88 Å². The summed E-state index contributed by atoms with van der Waals surface area (Å²) < 4.78 is 36.2. The number of carbonyl (C=O) groups excluding carboxylic acids is 1. The maximum absolute atomic E-state index is 13.2. The number of ether oxygens (including phenoxy) is 1. The highest BCUT2D eigenvalue weighted by Gasteiger charge is 2.23. The van der Waals surface area contributed by atoms with Crippen LogP contribution in [0.25, 0.3) is 11.3 Å². The van der Waals surface area contributed by atoms with E-state index in [1.807, 2.05) is 0 Å². The van der Waals surface area contributed by atoms with Crippen LogP contribution in [0.15, 0.2) is 47.1 Å². The van der Waals surface area contributed by atoms with Gasteiger partial charge in [0.15, 0.2) is 0 Å². The van der Waals surface area contributed by atoms with Gasteiger partial charge in [-0.05, 0) is 52.6 Å². The third-order valence-electron chi connectivity index (χ3n) is 5.20. The van der Waals surface area contributed by atoms with Gasteiger partial charge in [-0.15, -0.1) is 0 Å². The van der Waals surface area contributed by atoms with E-state index < -0.39 is 9.52 Å². The van der Waals surface area contributed by atoms with Crippen molar-refractivity contribution < 1.29 is 22.7 Å². The lowest BCUT2D eigenvalue weighted by Gasteiger charge is -2.28. The Hall–Kier alpha value is -3.20. The topological polar surface area (TPSA) is 85.5 Å². The number of nitrogens with zero attached hydrogens (tertiary/aromatic N) is 3. The molecule has 1 saturated heterocycles. The van der Waals surface area contributed by atoms with Gasteiger partial charge in [-0.3, -0.25) is 9.00 Å². The number of hydrogen-bond acceptors (Lipinski definition) is 6. The predicted octanol–water partition coefficient (Wildman–Crippen LogP) is 2.94. The molecule has 0 unspecified atom stereocenters. The molecule has 0 aliphatic carbocycles. The van der Waals surface area contributed by atoms with Gasteiger partial charge in [0.1, 0.15) is 23.9 Å². The fraction of sp³-hybridized carbons (Fsp3) is 0.273. The first-order valence-corrected chi connectivity index (χ1v) is 11.8. The van der Waals surface area contributed by atoms with Gasteiger partial charge in [-0.25, -0.2) is 9.37 Å². The Balaban J connectivity index is 1.42. The molecule has 0 atom stereocenters. The van der Waals surface area contributed by atoms with Gasteiger partial charge in [-0.2, -0.15) is 0 Å². The lowest BCUT2D eigenvalue weighted by molar-refractivity contribution is 0.0770. The molecule has 2 aromatic heterocycles. The summed E-state index contributed by atoms with van der Waals surface area (Å²) in [5.74, 6) is 5.02. The van der Waals surface area contributed by atoms with Gasteiger partial charge < -0.3 is 14.2 Å². The molecule has 4 rings (SSSR count). The van der Waals surface area contributed by atoms with Crippen molar-refractivity contribution >= 4 is 21.3 Å². The molecule has 9 heteroatoms. The zero-order valence-corrected chi connectivity index (χ0v) is 17.9. The second kappa shape index (κ2) is 8.50. The summed E-state index contributed by atoms with van der Waals surface area (Å²) in [6.07, 6.45) is 1.47. The van der Waals surface area contributed by atoms with E-state index in [0.717, 1.165) is 11.1 Å². The fourth-order valence-corrected chi connectivity index (χ4v) is 4.60. The Morgan fingerprint density at radius 2 is 1.94 bits per heavy atom. The molecule has 0 radical (unpaired) electrons. The number of hydrogen-bond donors (Lipinski definition) is 0. The number of rotatable bonds is 5. The Morgan fingerprint density at radius 3 is 2.58 bits per heavy atom. The summed E-state index contributed by atoms with van der Waals surface area (Å²) in [5.41, 5.74) is 2.48. The van der Waals surface area contributed by atoms with Gasteiger partial charge in [0, 0.05) is 42.4 Å². The molecule has 0 saturated carbocycles. The van der Waals surface area contributed by atoms with Crippen molar-refractivity contribution in [2.75, 3.05) is 24.6 Å². The summed E-state index contributed by atoms with van der Waals surface area (Å²) in [6.45, 7) is 2.79.